The molecule has 0 unspecified atom stereocenters. The van der Waals surface area contributed by atoms with Gasteiger partial charge < -0.3 is 14.2 Å². The first-order valence-corrected chi connectivity index (χ1v) is 10.7. The average molecular weight is 506 g/mol. The molecular weight excluding hydrogens is 484 g/mol. The van der Waals surface area contributed by atoms with Crippen molar-refractivity contribution in [2.24, 2.45) is 0 Å². The third-order valence-corrected chi connectivity index (χ3v) is 4.92. The van der Waals surface area contributed by atoms with Crippen molar-refractivity contribution in [3.05, 3.63) is 87.3 Å². The van der Waals surface area contributed by atoms with Gasteiger partial charge in [-0.2, -0.15) is 18.2 Å². The quantitative estimate of drug-likeness (QED) is 0.313. The summed E-state index contributed by atoms with van der Waals surface area (Å²) in [6, 6.07) is 11.0. The van der Waals surface area contributed by atoms with Gasteiger partial charge in [0, 0.05) is 16.8 Å². The number of methoxy groups -OCH3 is 1. The molecule has 0 bridgehead atoms. The molecule has 190 valence electrons. The second-order valence-electron chi connectivity index (χ2n) is 7.33. The van der Waals surface area contributed by atoms with E-state index in [-0.39, 0.29) is 35.9 Å². The molecule has 0 amide bonds. The number of aromatic nitrogens is 2. The number of benzene rings is 2. The lowest BCUT2D eigenvalue weighted by atomic mass is 10.1. The lowest BCUT2D eigenvalue weighted by molar-refractivity contribution is -0.145. The second-order valence-corrected chi connectivity index (χ2v) is 7.33. The lowest BCUT2D eigenvalue weighted by Gasteiger charge is -2.14. The van der Waals surface area contributed by atoms with Crippen LogP contribution in [0, 0.1) is 5.82 Å². The van der Waals surface area contributed by atoms with Crippen LogP contribution in [0.25, 0.3) is 12.2 Å². The summed E-state index contributed by atoms with van der Waals surface area (Å²) < 4.78 is 70.8. The van der Waals surface area contributed by atoms with E-state index in [1.54, 1.807) is 31.2 Å². The van der Waals surface area contributed by atoms with E-state index in [1.165, 1.54) is 37.5 Å². The summed E-state index contributed by atoms with van der Waals surface area (Å²) in [6.45, 7) is 1.02. The fourth-order valence-corrected chi connectivity index (χ4v) is 3.25. The summed E-state index contributed by atoms with van der Waals surface area (Å²) in [5.41, 5.74) is -2.33. The number of rotatable bonds is 9. The minimum atomic E-state index is -4.87. The van der Waals surface area contributed by atoms with Gasteiger partial charge >= 0.3 is 17.8 Å². The molecule has 0 aliphatic rings. The highest BCUT2D eigenvalue weighted by Crippen LogP contribution is 2.33. The molecule has 0 aliphatic heterocycles. The Bertz CT molecular complexity index is 1320. The van der Waals surface area contributed by atoms with Crippen LogP contribution in [0.4, 0.5) is 17.6 Å². The zero-order valence-corrected chi connectivity index (χ0v) is 19.3. The Morgan fingerprint density at radius 1 is 1.11 bits per heavy atom. The SMILES string of the molecule is CCOC(=O)COc1c(C=Cc2cc(C(F)(F)F)nc(=O)n2Cc2ccccc2F)cccc1OC. The van der Waals surface area contributed by atoms with Gasteiger partial charge in [0.25, 0.3) is 0 Å². The molecule has 0 spiro atoms. The number of carbonyl (C=O) groups excluding carboxylic acids is 1. The largest absolute Gasteiger partial charge is 0.493 e. The van der Waals surface area contributed by atoms with Gasteiger partial charge in [-0.25, -0.2) is 14.0 Å². The second kappa shape index (κ2) is 11.5. The van der Waals surface area contributed by atoms with Crippen molar-refractivity contribution in [1.82, 2.24) is 9.55 Å². The van der Waals surface area contributed by atoms with E-state index in [4.69, 9.17) is 14.2 Å². The molecular formula is C25H22F4N2O5. The third kappa shape index (κ3) is 6.49. The maximum Gasteiger partial charge on any atom is 0.433 e. The molecule has 0 radical (unpaired) electrons. The Kier molecular flexibility index (Phi) is 8.46. The van der Waals surface area contributed by atoms with Gasteiger partial charge in [-0.15, -0.1) is 0 Å². The van der Waals surface area contributed by atoms with Crippen molar-refractivity contribution in [3.63, 3.8) is 0 Å². The van der Waals surface area contributed by atoms with Crippen LogP contribution in [0.1, 0.15) is 29.4 Å². The van der Waals surface area contributed by atoms with Crippen LogP contribution in [0.5, 0.6) is 11.5 Å². The van der Waals surface area contributed by atoms with E-state index in [2.05, 4.69) is 4.98 Å². The number of para-hydroxylation sites is 1. The fourth-order valence-electron chi connectivity index (χ4n) is 3.25. The van der Waals surface area contributed by atoms with Crippen LogP contribution in [-0.2, 0) is 22.3 Å². The number of ether oxygens (including phenoxy) is 3. The van der Waals surface area contributed by atoms with Gasteiger partial charge in [-0.3, -0.25) is 4.57 Å². The smallest absolute Gasteiger partial charge is 0.433 e. The van der Waals surface area contributed by atoms with Gasteiger partial charge in [-0.1, -0.05) is 30.3 Å². The summed E-state index contributed by atoms with van der Waals surface area (Å²) in [7, 11) is 1.38. The number of esters is 1. The number of carbonyl (C=O) groups is 1. The topological polar surface area (TPSA) is 79.7 Å². The molecule has 7 nitrogen and oxygen atoms in total. The molecule has 3 aromatic rings. The fraction of sp³-hybridized carbons (Fsp3) is 0.240. The molecule has 11 heteroatoms. The van der Waals surface area contributed by atoms with E-state index in [9.17, 15) is 27.2 Å². The lowest BCUT2D eigenvalue weighted by Crippen LogP contribution is -2.29. The molecule has 3 rings (SSSR count). The molecule has 2 aromatic carbocycles. The summed E-state index contributed by atoms with van der Waals surface area (Å²) in [5, 5.41) is 0. The summed E-state index contributed by atoms with van der Waals surface area (Å²) in [4.78, 5) is 27.4. The van der Waals surface area contributed by atoms with Crippen LogP contribution in [0.2, 0.25) is 0 Å². The highest BCUT2D eigenvalue weighted by atomic mass is 19.4. The molecule has 0 saturated heterocycles. The summed E-state index contributed by atoms with van der Waals surface area (Å²) in [6.07, 6.45) is -2.25. The predicted octanol–water partition coefficient (Wildman–Crippen LogP) is 4.57. The summed E-state index contributed by atoms with van der Waals surface area (Å²) in [5.74, 6) is -0.851. The van der Waals surface area contributed by atoms with E-state index in [0.29, 0.717) is 11.6 Å². The zero-order chi connectivity index (χ0) is 26.3. The maximum absolute atomic E-state index is 14.2. The highest BCUT2D eigenvalue weighted by Gasteiger charge is 2.34. The molecule has 1 aromatic heterocycles. The van der Waals surface area contributed by atoms with E-state index >= 15 is 0 Å². The van der Waals surface area contributed by atoms with Crippen molar-refractivity contribution in [2.75, 3.05) is 20.3 Å². The van der Waals surface area contributed by atoms with Crippen molar-refractivity contribution in [3.8, 4) is 11.5 Å². The van der Waals surface area contributed by atoms with Crippen LogP contribution < -0.4 is 15.2 Å². The average Bonchev–Trinajstić information content (AvgIpc) is 2.83. The molecule has 0 saturated carbocycles. The van der Waals surface area contributed by atoms with Gasteiger partial charge in [-0.05, 0) is 37.3 Å². The van der Waals surface area contributed by atoms with Crippen LogP contribution in [0.3, 0.4) is 0 Å². The van der Waals surface area contributed by atoms with Gasteiger partial charge in [0.05, 0.1) is 20.3 Å². The van der Waals surface area contributed by atoms with Gasteiger partial charge in [0.1, 0.15) is 5.82 Å². The Hall–Kier alpha value is -4.15. The van der Waals surface area contributed by atoms with Gasteiger partial charge in [0.2, 0.25) is 0 Å². The Labute approximate surface area is 203 Å². The monoisotopic (exact) mass is 506 g/mol. The number of nitrogens with zero attached hydrogens (tertiary/aromatic N) is 2. The Balaban J connectivity index is 2.07. The first kappa shape index (κ1) is 26.5. The molecule has 36 heavy (non-hydrogen) atoms. The molecule has 1 heterocycles. The molecule has 0 aliphatic carbocycles. The van der Waals surface area contributed by atoms with Crippen molar-refractivity contribution in [2.45, 2.75) is 19.6 Å². The molecule has 0 fully saturated rings. The van der Waals surface area contributed by atoms with Crippen molar-refractivity contribution >= 4 is 18.1 Å². The van der Waals surface area contributed by atoms with Crippen LogP contribution in [0.15, 0.2) is 53.3 Å². The number of halogens is 4. The molecule has 0 atom stereocenters. The third-order valence-electron chi connectivity index (χ3n) is 4.92. The minimum Gasteiger partial charge on any atom is -0.493 e. The minimum absolute atomic E-state index is 0.0932. The standard InChI is InChI=1S/C25H22F4N2O5/c1-3-35-22(32)15-36-23-16(8-6-10-20(23)34-2)11-12-18-13-21(25(27,28)29)30-24(33)31(18)14-17-7-4-5-9-19(17)26/h4-13H,3,14-15H2,1-2H3. The van der Waals surface area contributed by atoms with Crippen LogP contribution in [-0.4, -0.2) is 35.8 Å². The maximum atomic E-state index is 14.2. The van der Waals surface area contributed by atoms with E-state index in [0.717, 1.165) is 4.57 Å². The number of hydrogen-bond acceptors (Lipinski definition) is 6. The number of hydrogen-bond donors (Lipinski definition) is 0. The summed E-state index contributed by atoms with van der Waals surface area (Å²) >= 11 is 0. The molecule has 0 N–H and O–H groups in total. The number of alkyl halides is 3. The van der Waals surface area contributed by atoms with Crippen molar-refractivity contribution < 1.29 is 36.6 Å². The van der Waals surface area contributed by atoms with E-state index in [1.807, 2.05) is 0 Å². The van der Waals surface area contributed by atoms with Crippen molar-refractivity contribution in [1.29, 1.82) is 0 Å². The normalized spacial score (nSPS) is 11.5. The predicted molar refractivity (Wildman–Crippen MR) is 123 cm³/mol. The first-order chi connectivity index (χ1) is 17.1. The first-order valence-electron chi connectivity index (χ1n) is 10.7. The highest BCUT2D eigenvalue weighted by molar-refractivity contribution is 5.75. The van der Waals surface area contributed by atoms with Gasteiger partial charge in [0.15, 0.2) is 23.8 Å². The van der Waals surface area contributed by atoms with E-state index < -0.39 is 36.0 Å². The van der Waals surface area contributed by atoms with Crippen LogP contribution >= 0.6 is 0 Å². The Morgan fingerprint density at radius 3 is 2.53 bits per heavy atom. The zero-order valence-electron chi connectivity index (χ0n) is 19.3. The Morgan fingerprint density at radius 2 is 1.86 bits per heavy atom.